The van der Waals surface area contributed by atoms with Gasteiger partial charge in [-0.3, -0.25) is 0 Å². The maximum atomic E-state index is 5.87. The Labute approximate surface area is 74.7 Å². The highest BCUT2D eigenvalue weighted by Crippen LogP contribution is 2.30. The molecule has 12 heavy (non-hydrogen) atoms. The average Bonchev–Trinajstić information content (AvgIpc) is 2.90. The van der Waals surface area contributed by atoms with Gasteiger partial charge in [0.15, 0.2) is 0 Å². The molecule has 0 spiro atoms. The topological polar surface area (TPSA) is 21.3 Å². The Kier molecular flexibility index (Phi) is 2.66. The molecule has 0 radical (unpaired) electrons. The highest BCUT2D eigenvalue weighted by Gasteiger charge is 2.28. The zero-order chi connectivity index (χ0) is 8.39. The first kappa shape index (κ1) is 8.52. The maximum Gasteiger partial charge on any atom is 0.0580 e. The van der Waals surface area contributed by atoms with Crippen molar-refractivity contribution in [2.45, 2.75) is 56.8 Å². The predicted octanol–water partition coefficient (Wildman–Crippen LogP) is 1.70. The van der Waals surface area contributed by atoms with E-state index < -0.39 is 0 Å². The Bertz CT molecular complexity index is 137. The van der Waals surface area contributed by atoms with Gasteiger partial charge < -0.3 is 10.1 Å². The first-order chi connectivity index (χ1) is 5.88. The van der Waals surface area contributed by atoms with E-state index in [1.54, 1.807) is 0 Å². The van der Waals surface area contributed by atoms with Crippen LogP contribution in [0, 0.1) is 0 Å². The summed E-state index contributed by atoms with van der Waals surface area (Å²) in [6, 6.07) is 0.754. The van der Waals surface area contributed by atoms with Gasteiger partial charge in [0.1, 0.15) is 0 Å². The molecular weight excluding hydrogens is 150 g/mol. The molecule has 2 rings (SSSR count). The molecule has 2 fully saturated rings. The smallest absolute Gasteiger partial charge is 0.0580 e. The van der Waals surface area contributed by atoms with Gasteiger partial charge in [-0.1, -0.05) is 0 Å². The fraction of sp³-hybridized carbons (Fsp3) is 1.00. The van der Waals surface area contributed by atoms with Gasteiger partial charge in [-0.25, -0.2) is 0 Å². The van der Waals surface area contributed by atoms with E-state index in [2.05, 4.69) is 12.4 Å². The average molecular weight is 169 g/mol. The lowest BCUT2D eigenvalue weighted by Crippen LogP contribution is -2.33. The highest BCUT2D eigenvalue weighted by molar-refractivity contribution is 4.80. The van der Waals surface area contributed by atoms with Crippen LogP contribution >= 0.6 is 0 Å². The molecule has 0 bridgehead atoms. The molecular formula is C10H19NO. The van der Waals surface area contributed by atoms with Crippen molar-refractivity contribution < 1.29 is 4.74 Å². The van der Waals surface area contributed by atoms with E-state index in [4.69, 9.17) is 4.74 Å². The fourth-order valence-electron chi connectivity index (χ4n) is 1.96. The molecule has 2 aliphatic carbocycles. The molecule has 2 nitrogen and oxygen atoms in total. The summed E-state index contributed by atoms with van der Waals surface area (Å²) in [5.41, 5.74) is 0. The lowest BCUT2D eigenvalue weighted by Gasteiger charge is -2.28. The van der Waals surface area contributed by atoms with Crippen molar-refractivity contribution in [2.24, 2.45) is 0 Å². The summed E-state index contributed by atoms with van der Waals surface area (Å²) in [5, 5.41) is 3.34. The summed E-state index contributed by atoms with van der Waals surface area (Å²) in [7, 11) is 2.06. The van der Waals surface area contributed by atoms with E-state index in [0.717, 1.165) is 6.04 Å². The van der Waals surface area contributed by atoms with Crippen molar-refractivity contribution >= 4 is 0 Å². The summed E-state index contributed by atoms with van der Waals surface area (Å²) in [4.78, 5) is 0. The molecule has 2 aliphatic rings. The van der Waals surface area contributed by atoms with Crippen LogP contribution < -0.4 is 5.32 Å². The van der Waals surface area contributed by atoms with E-state index >= 15 is 0 Å². The van der Waals surface area contributed by atoms with Gasteiger partial charge >= 0.3 is 0 Å². The number of hydrogen-bond acceptors (Lipinski definition) is 2. The van der Waals surface area contributed by atoms with Gasteiger partial charge in [-0.15, -0.1) is 0 Å². The van der Waals surface area contributed by atoms with Crippen LogP contribution in [0.3, 0.4) is 0 Å². The molecule has 0 atom stereocenters. The van der Waals surface area contributed by atoms with Crippen LogP contribution in [0.5, 0.6) is 0 Å². The van der Waals surface area contributed by atoms with Crippen LogP contribution in [0.4, 0.5) is 0 Å². The van der Waals surface area contributed by atoms with E-state index in [-0.39, 0.29) is 0 Å². The van der Waals surface area contributed by atoms with E-state index in [1.807, 2.05) is 0 Å². The zero-order valence-corrected chi connectivity index (χ0v) is 7.88. The van der Waals surface area contributed by atoms with Crippen LogP contribution in [-0.2, 0) is 4.74 Å². The van der Waals surface area contributed by atoms with E-state index in [1.165, 1.54) is 38.5 Å². The second-order valence-electron chi connectivity index (χ2n) is 4.10. The van der Waals surface area contributed by atoms with Crippen LogP contribution in [0.1, 0.15) is 38.5 Å². The Morgan fingerprint density at radius 1 is 0.917 bits per heavy atom. The summed E-state index contributed by atoms with van der Waals surface area (Å²) in [6.45, 7) is 0. The van der Waals surface area contributed by atoms with Crippen molar-refractivity contribution in [1.29, 1.82) is 0 Å². The monoisotopic (exact) mass is 169 g/mol. The van der Waals surface area contributed by atoms with Crippen molar-refractivity contribution in [1.82, 2.24) is 5.32 Å². The third-order valence-electron chi connectivity index (χ3n) is 2.99. The van der Waals surface area contributed by atoms with Crippen molar-refractivity contribution in [3.8, 4) is 0 Å². The number of ether oxygens (including phenoxy) is 1. The molecule has 0 heterocycles. The van der Waals surface area contributed by atoms with Gasteiger partial charge in [0.05, 0.1) is 12.2 Å². The molecule has 0 amide bonds. The SMILES string of the molecule is CNC1CCC(OC2CC2)CC1. The Morgan fingerprint density at radius 2 is 1.42 bits per heavy atom. The number of hydrogen-bond donors (Lipinski definition) is 1. The molecule has 1 N–H and O–H groups in total. The molecule has 2 saturated carbocycles. The van der Waals surface area contributed by atoms with E-state index in [0.29, 0.717) is 12.2 Å². The van der Waals surface area contributed by atoms with Crippen LogP contribution in [0.15, 0.2) is 0 Å². The van der Waals surface area contributed by atoms with Crippen molar-refractivity contribution in [3.05, 3.63) is 0 Å². The third-order valence-corrected chi connectivity index (χ3v) is 2.99. The second-order valence-corrected chi connectivity index (χ2v) is 4.10. The highest BCUT2D eigenvalue weighted by atomic mass is 16.5. The minimum absolute atomic E-state index is 0.585. The Balaban J connectivity index is 1.66. The third kappa shape index (κ3) is 2.20. The van der Waals surface area contributed by atoms with E-state index in [9.17, 15) is 0 Å². The molecule has 0 aromatic heterocycles. The molecule has 0 aliphatic heterocycles. The summed E-state index contributed by atoms with van der Waals surface area (Å²) in [6.07, 6.45) is 8.98. The van der Waals surface area contributed by atoms with Gasteiger partial charge in [0.25, 0.3) is 0 Å². The standard InChI is InChI=1S/C10H19NO/c1-11-8-2-4-9(5-3-8)12-10-6-7-10/h8-11H,2-7H2,1H3. The van der Waals surface area contributed by atoms with Gasteiger partial charge in [-0.05, 0) is 45.6 Å². The molecule has 0 aromatic carbocycles. The van der Waals surface area contributed by atoms with Gasteiger partial charge in [-0.2, -0.15) is 0 Å². The molecule has 2 heteroatoms. The lowest BCUT2D eigenvalue weighted by atomic mass is 9.93. The van der Waals surface area contributed by atoms with Crippen LogP contribution in [0.2, 0.25) is 0 Å². The quantitative estimate of drug-likeness (QED) is 0.694. The molecule has 0 unspecified atom stereocenters. The maximum absolute atomic E-state index is 5.87. The van der Waals surface area contributed by atoms with Crippen molar-refractivity contribution in [2.75, 3.05) is 7.05 Å². The molecule has 0 aromatic rings. The number of rotatable bonds is 3. The minimum atomic E-state index is 0.585. The first-order valence-electron chi connectivity index (χ1n) is 5.21. The predicted molar refractivity (Wildman–Crippen MR) is 49.2 cm³/mol. The minimum Gasteiger partial charge on any atom is -0.375 e. The Hall–Kier alpha value is -0.0800. The summed E-state index contributed by atoms with van der Waals surface area (Å²) >= 11 is 0. The zero-order valence-electron chi connectivity index (χ0n) is 7.88. The second kappa shape index (κ2) is 3.75. The normalized spacial score (nSPS) is 36.8. The molecule has 70 valence electrons. The lowest BCUT2D eigenvalue weighted by molar-refractivity contribution is 0.0115. The first-order valence-corrected chi connectivity index (χ1v) is 5.21. The fourth-order valence-corrected chi connectivity index (χ4v) is 1.96. The van der Waals surface area contributed by atoms with Crippen molar-refractivity contribution in [3.63, 3.8) is 0 Å². The largest absolute Gasteiger partial charge is 0.375 e. The summed E-state index contributed by atoms with van der Waals surface area (Å²) in [5.74, 6) is 0. The summed E-state index contributed by atoms with van der Waals surface area (Å²) < 4.78 is 5.87. The van der Waals surface area contributed by atoms with Crippen LogP contribution in [-0.4, -0.2) is 25.3 Å². The Morgan fingerprint density at radius 3 is 1.83 bits per heavy atom. The van der Waals surface area contributed by atoms with Gasteiger partial charge in [0, 0.05) is 6.04 Å². The van der Waals surface area contributed by atoms with Gasteiger partial charge in [0.2, 0.25) is 0 Å². The molecule has 0 saturated heterocycles. The number of nitrogens with one attached hydrogen (secondary N) is 1. The van der Waals surface area contributed by atoms with Crippen LogP contribution in [0.25, 0.3) is 0 Å².